The summed E-state index contributed by atoms with van der Waals surface area (Å²) >= 11 is 0. The van der Waals surface area contributed by atoms with Gasteiger partial charge < -0.3 is 24.3 Å². The molecule has 3 N–H and O–H groups in total. The summed E-state index contributed by atoms with van der Waals surface area (Å²) in [7, 11) is 0. The van der Waals surface area contributed by atoms with Crippen molar-refractivity contribution in [2.75, 3.05) is 11.9 Å². The Kier molecular flexibility index (Phi) is 8.35. The SMILES string of the molecule is CC(OC(=O)Nc1cnc(-c2ccc(C(=O)NC(COc3ccccc3)C(=O)O)cc2)o1)c1ccccc1. The molecular formula is C28H25N3O7. The summed E-state index contributed by atoms with van der Waals surface area (Å²) in [4.78, 5) is 40.5. The summed E-state index contributed by atoms with van der Waals surface area (Å²) in [6, 6.07) is 23.0. The molecule has 0 aliphatic rings. The maximum Gasteiger partial charge on any atom is 0.414 e. The topological polar surface area (TPSA) is 140 Å². The van der Waals surface area contributed by atoms with Crippen molar-refractivity contribution < 1.29 is 33.4 Å². The number of nitrogens with zero attached hydrogens (tertiary/aromatic N) is 1. The van der Waals surface area contributed by atoms with Crippen molar-refractivity contribution in [1.29, 1.82) is 0 Å². The number of rotatable bonds is 10. The lowest BCUT2D eigenvalue weighted by Crippen LogP contribution is -2.44. The molecule has 0 spiro atoms. The van der Waals surface area contributed by atoms with Crippen LogP contribution in [-0.4, -0.2) is 40.7 Å². The second-order valence-electron chi connectivity index (χ2n) is 8.18. The number of carbonyl (C=O) groups is 3. The molecule has 194 valence electrons. The van der Waals surface area contributed by atoms with Crippen LogP contribution in [0.2, 0.25) is 0 Å². The number of carbonyl (C=O) groups excluding carboxylic acids is 2. The smallest absolute Gasteiger partial charge is 0.414 e. The molecule has 3 aromatic carbocycles. The van der Waals surface area contributed by atoms with Crippen molar-refractivity contribution in [3.05, 3.63) is 102 Å². The Balaban J connectivity index is 1.32. The third kappa shape index (κ3) is 6.97. The summed E-state index contributed by atoms with van der Waals surface area (Å²) < 4.78 is 16.4. The molecule has 1 heterocycles. The van der Waals surface area contributed by atoms with Gasteiger partial charge in [-0.3, -0.25) is 10.1 Å². The van der Waals surface area contributed by atoms with E-state index in [0.29, 0.717) is 11.3 Å². The van der Waals surface area contributed by atoms with Crippen LogP contribution < -0.4 is 15.4 Å². The lowest BCUT2D eigenvalue weighted by molar-refractivity contribution is -0.140. The average molecular weight is 516 g/mol. The molecule has 0 saturated carbocycles. The highest BCUT2D eigenvalue weighted by Crippen LogP contribution is 2.23. The maximum absolute atomic E-state index is 12.6. The molecule has 4 rings (SSSR count). The number of amides is 2. The molecule has 38 heavy (non-hydrogen) atoms. The maximum atomic E-state index is 12.6. The molecule has 0 aliphatic heterocycles. The van der Waals surface area contributed by atoms with Crippen molar-refractivity contribution >= 4 is 23.9 Å². The number of anilines is 1. The average Bonchev–Trinajstić information content (AvgIpc) is 3.40. The minimum atomic E-state index is -1.24. The lowest BCUT2D eigenvalue weighted by Gasteiger charge is -2.15. The van der Waals surface area contributed by atoms with Gasteiger partial charge in [-0.05, 0) is 48.9 Å². The van der Waals surface area contributed by atoms with Gasteiger partial charge in [-0.25, -0.2) is 14.6 Å². The van der Waals surface area contributed by atoms with Crippen molar-refractivity contribution in [1.82, 2.24) is 10.3 Å². The highest BCUT2D eigenvalue weighted by Gasteiger charge is 2.22. The minimum Gasteiger partial charge on any atom is -0.491 e. The van der Waals surface area contributed by atoms with Crippen LogP contribution in [0.4, 0.5) is 10.7 Å². The van der Waals surface area contributed by atoms with Gasteiger partial charge in [0.25, 0.3) is 5.91 Å². The zero-order valence-electron chi connectivity index (χ0n) is 20.4. The fourth-order valence-electron chi connectivity index (χ4n) is 3.42. The second kappa shape index (κ2) is 12.2. The first-order valence-corrected chi connectivity index (χ1v) is 11.7. The number of aliphatic carboxylic acids is 1. The van der Waals surface area contributed by atoms with Gasteiger partial charge in [-0.2, -0.15) is 0 Å². The Morgan fingerprint density at radius 2 is 1.61 bits per heavy atom. The normalized spacial score (nSPS) is 12.1. The molecule has 0 bridgehead atoms. The van der Waals surface area contributed by atoms with E-state index in [0.717, 1.165) is 5.56 Å². The molecule has 0 radical (unpaired) electrons. The predicted molar refractivity (Wildman–Crippen MR) is 138 cm³/mol. The largest absolute Gasteiger partial charge is 0.491 e. The number of carboxylic acids is 1. The lowest BCUT2D eigenvalue weighted by atomic mass is 10.1. The van der Waals surface area contributed by atoms with Crippen LogP contribution in [0.3, 0.4) is 0 Å². The summed E-state index contributed by atoms with van der Waals surface area (Å²) in [5.74, 6) is -0.998. The van der Waals surface area contributed by atoms with E-state index >= 15 is 0 Å². The minimum absolute atomic E-state index is 0.0924. The zero-order chi connectivity index (χ0) is 26.9. The molecular weight excluding hydrogens is 490 g/mol. The first kappa shape index (κ1) is 26.0. The Hall–Kier alpha value is -5.12. The van der Waals surface area contributed by atoms with Gasteiger partial charge in [0.1, 0.15) is 18.5 Å². The van der Waals surface area contributed by atoms with Crippen LogP contribution >= 0.6 is 0 Å². The molecule has 0 aliphatic carbocycles. The summed E-state index contributed by atoms with van der Waals surface area (Å²) in [6.07, 6.45) is 0.192. The van der Waals surface area contributed by atoms with Gasteiger partial charge in [0.2, 0.25) is 11.8 Å². The summed E-state index contributed by atoms with van der Waals surface area (Å²) in [5, 5.41) is 14.4. The van der Waals surface area contributed by atoms with Crippen molar-refractivity contribution in [2.45, 2.75) is 19.1 Å². The first-order valence-electron chi connectivity index (χ1n) is 11.7. The number of aromatic nitrogens is 1. The number of oxazole rings is 1. The van der Waals surface area contributed by atoms with E-state index in [1.165, 1.54) is 18.3 Å². The highest BCUT2D eigenvalue weighted by molar-refractivity contribution is 5.97. The Morgan fingerprint density at radius 1 is 0.947 bits per heavy atom. The third-order valence-corrected chi connectivity index (χ3v) is 5.44. The Morgan fingerprint density at radius 3 is 2.26 bits per heavy atom. The number of hydrogen-bond donors (Lipinski definition) is 3. The molecule has 0 saturated heterocycles. The van der Waals surface area contributed by atoms with Crippen LogP contribution in [0.25, 0.3) is 11.5 Å². The molecule has 0 fully saturated rings. The molecule has 4 aromatic rings. The van der Waals surface area contributed by atoms with E-state index in [1.54, 1.807) is 43.3 Å². The molecule has 1 aromatic heterocycles. The molecule has 10 nitrogen and oxygen atoms in total. The predicted octanol–water partition coefficient (Wildman–Crippen LogP) is 4.91. The molecule has 2 unspecified atom stereocenters. The van der Waals surface area contributed by atoms with Crippen molar-refractivity contribution in [3.63, 3.8) is 0 Å². The van der Waals surface area contributed by atoms with Gasteiger partial charge in [-0.15, -0.1) is 0 Å². The van der Waals surface area contributed by atoms with Gasteiger partial charge in [0, 0.05) is 11.1 Å². The molecule has 2 atom stereocenters. The van der Waals surface area contributed by atoms with E-state index in [4.69, 9.17) is 13.9 Å². The van der Waals surface area contributed by atoms with Crippen LogP contribution in [0, 0.1) is 0 Å². The Labute approximate surface area is 218 Å². The fraction of sp³-hybridized carbons (Fsp3) is 0.143. The molecule has 2 amide bonds. The van der Waals surface area contributed by atoms with Crippen LogP contribution in [0.15, 0.2) is 95.5 Å². The van der Waals surface area contributed by atoms with Gasteiger partial charge in [-0.1, -0.05) is 48.5 Å². The first-order chi connectivity index (χ1) is 18.4. The number of para-hydroxylation sites is 1. The van der Waals surface area contributed by atoms with E-state index in [-0.39, 0.29) is 23.9 Å². The standard InChI is InChI=1S/C28H25N3O7/c1-18(19-8-4-2-5-9-19)37-28(35)31-24-16-29-26(38-24)21-14-12-20(13-15-21)25(32)30-23(27(33)34)17-36-22-10-6-3-7-11-22/h2-16,18,23H,17H2,1H3,(H,30,32)(H,31,35)(H,33,34). The van der Waals surface area contributed by atoms with E-state index < -0.39 is 30.1 Å². The van der Waals surface area contributed by atoms with Crippen LogP contribution in [0.5, 0.6) is 5.75 Å². The van der Waals surface area contributed by atoms with Gasteiger partial charge in [0.15, 0.2) is 6.04 Å². The number of ether oxygens (including phenoxy) is 2. The van der Waals surface area contributed by atoms with Gasteiger partial charge >= 0.3 is 12.1 Å². The monoisotopic (exact) mass is 515 g/mol. The van der Waals surface area contributed by atoms with Crippen molar-refractivity contribution in [3.8, 4) is 17.2 Å². The van der Waals surface area contributed by atoms with E-state index in [9.17, 15) is 19.5 Å². The number of benzene rings is 3. The summed E-state index contributed by atoms with van der Waals surface area (Å²) in [6.45, 7) is 1.52. The van der Waals surface area contributed by atoms with Gasteiger partial charge in [0.05, 0.1) is 6.20 Å². The second-order valence-corrected chi connectivity index (χ2v) is 8.18. The van der Waals surface area contributed by atoms with Crippen molar-refractivity contribution in [2.24, 2.45) is 0 Å². The number of hydrogen-bond acceptors (Lipinski definition) is 7. The fourth-order valence-corrected chi connectivity index (χ4v) is 3.42. The zero-order valence-corrected chi connectivity index (χ0v) is 20.4. The van der Waals surface area contributed by atoms with E-state index in [2.05, 4.69) is 15.6 Å². The Bertz CT molecular complexity index is 1370. The molecule has 10 heteroatoms. The van der Waals surface area contributed by atoms with Crippen LogP contribution in [-0.2, 0) is 9.53 Å². The number of nitrogens with one attached hydrogen (secondary N) is 2. The quantitative estimate of drug-likeness (QED) is 0.271. The summed E-state index contributed by atoms with van der Waals surface area (Å²) in [5.41, 5.74) is 1.63. The third-order valence-electron chi connectivity index (χ3n) is 5.44. The number of carboxylic acid groups (broad SMARTS) is 1. The highest BCUT2D eigenvalue weighted by atomic mass is 16.6. The van der Waals surface area contributed by atoms with Crippen LogP contribution in [0.1, 0.15) is 28.9 Å². The van der Waals surface area contributed by atoms with E-state index in [1.807, 2.05) is 36.4 Å².